The van der Waals surface area contributed by atoms with E-state index in [0.717, 1.165) is 33.8 Å². The molecule has 9 heteroatoms. The lowest BCUT2D eigenvalue weighted by molar-refractivity contribution is 0.0980. The molecule has 1 aliphatic rings. The summed E-state index contributed by atoms with van der Waals surface area (Å²) in [4.78, 5) is 24.4. The number of pyridine rings is 2. The predicted molar refractivity (Wildman–Crippen MR) is 171 cm³/mol. The van der Waals surface area contributed by atoms with E-state index in [1.54, 1.807) is 12.0 Å². The van der Waals surface area contributed by atoms with Gasteiger partial charge in [-0.15, -0.1) is 0 Å². The lowest BCUT2D eigenvalue weighted by Crippen LogP contribution is -2.48. The second-order valence-corrected chi connectivity index (χ2v) is 17.7. The van der Waals surface area contributed by atoms with Gasteiger partial charge in [0.1, 0.15) is 6.61 Å². The van der Waals surface area contributed by atoms with E-state index in [-0.39, 0.29) is 29.9 Å². The normalized spacial score (nSPS) is 17.4. The first-order chi connectivity index (χ1) is 19.8. The average molecular weight is 591 g/mol. The van der Waals surface area contributed by atoms with Crippen molar-refractivity contribution in [1.82, 2.24) is 14.9 Å². The monoisotopic (exact) mass is 590 g/mol. The van der Waals surface area contributed by atoms with Crippen LogP contribution in [0.3, 0.4) is 0 Å². The molecule has 0 radical (unpaired) electrons. The van der Waals surface area contributed by atoms with E-state index in [2.05, 4.69) is 59.1 Å². The Hall–Kier alpha value is -3.43. The van der Waals surface area contributed by atoms with Gasteiger partial charge in [0.05, 0.1) is 48.9 Å². The molecule has 0 aliphatic carbocycles. The van der Waals surface area contributed by atoms with E-state index < -0.39 is 8.32 Å². The summed E-state index contributed by atoms with van der Waals surface area (Å²) in [5.41, 5.74) is 5.49. The van der Waals surface area contributed by atoms with Crippen LogP contribution in [0.25, 0.3) is 11.3 Å². The number of amides is 1. The molecule has 4 rings (SSSR count). The molecule has 3 heterocycles. The number of aryl methyl sites for hydroxylation is 1. The Morgan fingerprint density at radius 3 is 2.45 bits per heavy atom. The topological polar surface area (TPSA) is 85.8 Å². The first-order valence-electron chi connectivity index (χ1n) is 14.7. The fourth-order valence-corrected chi connectivity index (χ4v) is 6.16. The van der Waals surface area contributed by atoms with E-state index in [0.29, 0.717) is 24.9 Å². The van der Waals surface area contributed by atoms with E-state index in [9.17, 15) is 4.79 Å². The zero-order valence-electron chi connectivity index (χ0n) is 26.5. The molecule has 1 fully saturated rings. The zero-order valence-corrected chi connectivity index (χ0v) is 27.5. The number of benzene rings is 1. The maximum Gasteiger partial charge on any atom is 0.410 e. The Bertz CT molecular complexity index is 1370. The minimum atomic E-state index is -2.11. The third-order valence-electron chi connectivity index (χ3n) is 8.33. The van der Waals surface area contributed by atoms with Gasteiger partial charge in [-0.1, -0.05) is 65.0 Å². The molecule has 3 aromatic rings. The second-order valence-electron chi connectivity index (χ2n) is 12.9. The number of rotatable bonds is 9. The number of carbonyl (C=O) groups is 1. The number of methoxy groups -OCH3 is 1. The molecule has 8 nitrogen and oxygen atoms in total. The second kappa shape index (κ2) is 12.8. The first kappa shape index (κ1) is 31.5. The van der Waals surface area contributed by atoms with E-state index in [1.807, 2.05) is 55.6 Å². The molecule has 1 N–H and O–H groups in total. The summed E-state index contributed by atoms with van der Waals surface area (Å²) < 4.78 is 18.2. The van der Waals surface area contributed by atoms with Gasteiger partial charge in [-0.05, 0) is 60.3 Å². The Balaban J connectivity index is 1.54. The van der Waals surface area contributed by atoms with Crippen LogP contribution in [0.15, 0.2) is 54.7 Å². The Kier molecular flexibility index (Phi) is 9.62. The largest absolute Gasteiger partial charge is 0.480 e. The molecule has 2 atom stereocenters. The van der Waals surface area contributed by atoms with Crippen LogP contribution in [0.5, 0.6) is 5.88 Å². The summed E-state index contributed by atoms with van der Waals surface area (Å²) in [5.74, 6) is 0.873. The highest BCUT2D eigenvalue weighted by Crippen LogP contribution is 2.39. The summed E-state index contributed by atoms with van der Waals surface area (Å²) >= 11 is 0. The maximum absolute atomic E-state index is 13.1. The van der Waals surface area contributed by atoms with Crippen molar-refractivity contribution < 1.29 is 18.7 Å². The van der Waals surface area contributed by atoms with Crippen LogP contribution >= 0.6 is 0 Å². The number of carbonyl (C=O) groups excluding carboxylic acids is 1. The lowest BCUT2D eigenvalue weighted by Gasteiger charge is -2.39. The van der Waals surface area contributed by atoms with Crippen molar-refractivity contribution in [3.63, 3.8) is 0 Å². The molecule has 2 aromatic heterocycles. The third kappa shape index (κ3) is 7.31. The van der Waals surface area contributed by atoms with Crippen LogP contribution in [-0.2, 0) is 15.8 Å². The molecule has 1 saturated heterocycles. The van der Waals surface area contributed by atoms with Gasteiger partial charge in [-0.2, -0.15) is 0 Å². The number of ether oxygens (including phenoxy) is 2. The molecule has 1 aliphatic heterocycles. The molecule has 0 saturated carbocycles. The van der Waals surface area contributed by atoms with Gasteiger partial charge in [-0.3, -0.25) is 4.98 Å². The van der Waals surface area contributed by atoms with Crippen LogP contribution in [0.1, 0.15) is 57.4 Å². The standard InChI is InChI=1S/C33H46N4O4Si/c1-22(2)27-16-15-26(31(36-27)39-7)30-23(3)17-25(18-34-30)35-28-19-37(20-29(28)41-42(8,9)33(4,5)6)32(38)40-21-24-13-11-10-12-14-24/h10-18,22,28-29,35H,19-21H2,1-9H3/t28-,29+/m1/s1. The summed E-state index contributed by atoms with van der Waals surface area (Å²) in [5, 5.41) is 3.67. The van der Waals surface area contributed by atoms with Gasteiger partial charge in [0.25, 0.3) is 0 Å². The van der Waals surface area contributed by atoms with Gasteiger partial charge in [0.15, 0.2) is 8.32 Å². The molecule has 0 bridgehead atoms. The fraction of sp³-hybridized carbons (Fsp3) is 0.485. The van der Waals surface area contributed by atoms with Gasteiger partial charge in [0.2, 0.25) is 5.88 Å². The van der Waals surface area contributed by atoms with Gasteiger partial charge in [-0.25, -0.2) is 9.78 Å². The van der Waals surface area contributed by atoms with E-state index in [4.69, 9.17) is 23.9 Å². The zero-order chi connectivity index (χ0) is 30.7. The molecule has 42 heavy (non-hydrogen) atoms. The van der Waals surface area contributed by atoms with Crippen LogP contribution in [0.4, 0.5) is 10.5 Å². The summed E-state index contributed by atoms with van der Waals surface area (Å²) in [6.45, 7) is 18.6. The highest BCUT2D eigenvalue weighted by atomic mass is 28.4. The van der Waals surface area contributed by atoms with Crippen LogP contribution in [0.2, 0.25) is 18.1 Å². The number of nitrogens with zero attached hydrogens (tertiary/aromatic N) is 3. The third-order valence-corrected chi connectivity index (χ3v) is 12.8. The molecule has 0 spiro atoms. The summed E-state index contributed by atoms with van der Waals surface area (Å²) in [7, 11) is -0.468. The van der Waals surface area contributed by atoms with Gasteiger partial charge < -0.3 is 24.1 Å². The van der Waals surface area contributed by atoms with Crippen LogP contribution in [0, 0.1) is 6.92 Å². The number of aromatic nitrogens is 2. The van der Waals surface area contributed by atoms with Crippen molar-refractivity contribution >= 4 is 20.1 Å². The minimum absolute atomic E-state index is 0.0385. The number of nitrogens with one attached hydrogen (secondary N) is 1. The smallest absolute Gasteiger partial charge is 0.410 e. The van der Waals surface area contributed by atoms with Crippen LogP contribution in [-0.4, -0.2) is 61.6 Å². The highest BCUT2D eigenvalue weighted by Gasteiger charge is 2.45. The summed E-state index contributed by atoms with van der Waals surface area (Å²) in [6.07, 6.45) is 1.32. The van der Waals surface area contributed by atoms with Gasteiger partial charge >= 0.3 is 6.09 Å². The minimum Gasteiger partial charge on any atom is -0.480 e. The molecular weight excluding hydrogens is 544 g/mol. The van der Waals surface area contributed by atoms with E-state index >= 15 is 0 Å². The first-order valence-corrected chi connectivity index (χ1v) is 17.6. The number of likely N-dealkylation sites (tertiary alicyclic amines) is 1. The Morgan fingerprint density at radius 2 is 1.83 bits per heavy atom. The van der Waals surface area contributed by atoms with Crippen molar-refractivity contribution in [1.29, 1.82) is 0 Å². The summed E-state index contributed by atoms with van der Waals surface area (Å²) in [6, 6.07) is 15.8. The molecule has 0 unspecified atom stereocenters. The Labute approximate surface area is 251 Å². The van der Waals surface area contributed by atoms with Crippen molar-refractivity contribution in [3.05, 3.63) is 71.5 Å². The SMILES string of the molecule is COc1nc(C(C)C)ccc1-c1ncc(N[C@@H]2CN(C(=O)OCc3ccccc3)C[C@@H]2O[Si](C)(C)C(C)(C)C)cc1C. The fourth-order valence-electron chi connectivity index (χ4n) is 4.81. The molecule has 1 amide bonds. The maximum atomic E-state index is 13.1. The van der Waals surface area contributed by atoms with Crippen molar-refractivity contribution in [2.24, 2.45) is 0 Å². The number of hydrogen-bond donors (Lipinski definition) is 1. The van der Waals surface area contributed by atoms with E-state index in [1.165, 1.54) is 0 Å². The highest BCUT2D eigenvalue weighted by molar-refractivity contribution is 6.74. The number of anilines is 1. The van der Waals surface area contributed by atoms with Crippen molar-refractivity contribution in [2.75, 3.05) is 25.5 Å². The lowest BCUT2D eigenvalue weighted by atomic mass is 10.0. The van der Waals surface area contributed by atoms with Crippen LogP contribution < -0.4 is 10.1 Å². The molecule has 226 valence electrons. The average Bonchev–Trinajstić information content (AvgIpc) is 3.32. The van der Waals surface area contributed by atoms with Crippen molar-refractivity contribution in [2.45, 2.75) is 84.3 Å². The Morgan fingerprint density at radius 1 is 1.12 bits per heavy atom. The predicted octanol–water partition coefficient (Wildman–Crippen LogP) is 7.41. The quantitative estimate of drug-likeness (QED) is 0.260. The van der Waals surface area contributed by atoms with Gasteiger partial charge in [0, 0.05) is 12.2 Å². The molecular formula is C33H46N4O4Si. The molecule has 1 aromatic carbocycles. The number of hydrogen-bond acceptors (Lipinski definition) is 7. The van der Waals surface area contributed by atoms with Crippen molar-refractivity contribution in [3.8, 4) is 17.1 Å².